The second kappa shape index (κ2) is 6.75. The summed E-state index contributed by atoms with van der Waals surface area (Å²) in [6, 6.07) is 0.428. The van der Waals surface area contributed by atoms with Crippen LogP contribution in [0.4, 0.5) is 0 Å². The van der Waals surface area contributed by atoms with Crippen LogP contribution in [0.5, 0.6) is 0 Å². The number of nitrogens with one attached hydrogen (secondary N) is 2. The SMILES string of the molecule is CCCn1c(SCC(C)NCC)n[nH]c1=O. The molecule has 0 radical (unpaired) electrons. The van der Waals surface area contributed by atoms with Crippen molar-refractivity contribution < 1.29 is 0 Å². The maximum Gasteiger partial charge on any atom is 0.343 e. The molecule has 2 N–H and O–H groups in total. The second-order valence-electron chi connectivity index (χ2n) is 3.73. The molecule has 0 aliphatic heterocycles. The minimum absolute atomic E-state index is 0.111. The number of thioether (sulfide) groups is 1. The summed E-state index contributed by atoms with van der Waals surface area (Å²) in [5, 5.41) is 10.6. The van der Waals surface area contributed by atoms with E-state index in [0.717, 1.165) is 30.4 Å². The normalized spacial score (nSPS) is 12.9. The molecule has 1 heterocycles. The average molecular weight is 244 g/mol. The summed E-state index contributed by atoms with van der Waals surface area (Å²) in [4.78, 5) is 11.4. The van der Waals surface area contributed by atoms with E-state index in [1.54, 1.807) is 16.3 Å². The van der Waals surface area contributed by atoms with Gasteiger partial charge in [-0.25, -0.2) is 9.89 Å². The maximum absolute atomic E-state index is 11.4. The van der Waals surface area contributed by atoms with Gasteiger partial charge in [0.25, 0.3) is 0 Å². The van der Waals surface area contributed by atoms with Crippen LogP contribution in [-0.2, 0) is 6.54 Å². The van der Waals surface area contributed by atoms with Gasteiger partial charge in [-0.15, -0.1) is 5.10 Å². The zero-order valence-corrected chi connectivity index (χ0v) is 10.9. The molecule has 0 aromatic carbocycles. The van der Waals surface area contributed by atoms with Gasteiger partial charge in [0.05, 0.1) is 0 Å². The van der Waals surface area contributed by atoms with E-state index in [0.29, 0.717) is 6.04 Å². The molecule has 1 rings (SSSR count). The third-order valence-electron chi connectivity index (χ3n) is 2.19. The molecule has 92 valence electrons. The first-order valence-electron chi connectivity index (χ1n) is 5.70. The van der Waals surface area contributed by atoms with E-state index in [-0.39, 0.29) is 5.69 Å². The van der Waals surface area contributed by atoms with Gasteiger partial charge in [0.2, 0.25) is 0 Å². The molecular weight excluding hydrogens is 224 g/mol. The maximum atomic E-state index is 11.4. The molecule has 0 fully saturated rings. The van der Waals surface area contributed by atoms with Crippen LogP contribution < -0.4 is 11.0 Å². The molecule has 0 saturated heterocycles. The van der Waals surface area contributed by atoms with Gasteiger partial charge in [0.15, 0.2) is 5.16 Å². The standard InChI is InChI=1S/C10H20N4OS/c1-4-6-14-9(15)12-13-10(14)16-7-8(3)11-5-2/h8,11H,4-7H2,1-3H3,(H,12,15). The van der Waals surface area contributed by atoms with E-state index in [4.69, 9.17) is 0 Å². The third kappa shape index (κ3) is 3.68. The van der Waals surface area contributed by atoms with Crippen molar-refractivity contribution in [2.24, 2.45) is 0 Å². The van der Waals surface area contributed by atoms with Crippen LogP contribution in [0.2, 0.25) is 0 Å². The third-order valence-corrected chi connectivity index (χ3v) is 3.42. The lowest BCUT2D eigenvalue weighted by atomic mass is 10.4. The highest BCUT2D eigenvalue weighted by atomic mass is 32.2. The fraction of sp³-hybridized carbons (Fsp3) is 0.800. The molecule has 0 spiro atoms. The van der Waals surface area contributed by atoms with Crippen molar-refractivity contribution in [1.82, 2.24) is 20.1 Å². The molecule has 1 atom stereocenters. The Balaban J connectivity index is 2.56. The number of aromatic nitrogens is 3. The minimum Gasteiger partial charge on any atom is -0.314 e. The summed E-state index contributed by atoms with van der Waals surface area (Å²) >= 11 is 1.61. The van der Waals surface area contributed by atoms with Crippen LogP contribution in [0.15, 0.2) is 9.95 Å². The van der Waals surface area contributed by atoms with E-state index in [1.807, 2.05) is 0 Å². The number of hydrogen-bond donors (Lipinski definition) is 2. The molecule has 0 saturated carbocycles. The van der Waals surface area contributed by atoms with Gasteiger partial charge in [-0.05, 0) is 19.9 Å². The monoisotopic (exact) mass is 244 g/mol. The molecule has 0 aliphatic carbocycles. The summed E-state index contributed by atoms with van der Waals surface area (Å²) in [7, 11) is 0. The zero-order valence-electron chi connectivity index (χ0n) is 10.1. The number of rotatable bonds is 7. The van der Waals surface area contributed by atoms with Gasteiger partial charge in [0, 0.05) is 18.3 Å². The fourth-order valence-electron chi connectivity index (χ4n) is 1.44. The molecule has 0 bridgehead atoms. The molecule has 16 heavy (non-hydrogen) atoms. The van der Waals surface area contributed by atoms with E-state index in [1.165, 1.54) is 0 Å². The Hall–Kier alpha value is -0.750. The Morgan fingerprint density at radius 3 is 2.94 bits per heavy atom. The van der Waals surface area contributed by atoms with Crippen LogP contribution in [0.25, 0.3) is 0 Å². The summed E-state index contributed by atoms with van der Waals surface area (Å²) in [6.45, 7) is 7.96. The Bertz CT molecular complexity index is 360. The molecule has 1 unspecified atom stereocenters. The van der Waals surface area contributed by atoms with E-state index >= 15 is 0 Å². The van der Waals surface area contributed by atoms with Crippen molar-refractivity contribution in [3.63, 3.8) is 0 Å². The van der Waals surface area contributed by atoms with Crippen LogP contribution >= 0.6 is 11.8 Å². The zero-order chi connectivity index (χ0) is 12.0. The summed E-state index contributed by atoms with van der Waals surface area (Å²) in [5.41, 5.74) is -0.111. The molecule has 1 aromatic heterocycles. The van der Waals surface area contributed by atoms with Gasteiger partial charge >= 0.3 is 5.69 Å². The average Bonchev–Trinajstić information content (AvgIpc) is 2.59. The predicted octanol–water partition coefficient (Wildman–Crippen LogP) is 1.07. The molecule has 5 nitrogen and oxygen atoms in total. The number of hydrogen-bond acceptors (Lipinski definition) is 4. The van der Waals surface area contributed by atoms with Gasteiger partial charge in [0.1, 0.15) is 0 Å². The summed E-state index contributed by atoms with van der Waals surface area (Å²) in [5.74, 6) is 0.918. The Morgan fingerprint density at radius 2 is 2.31 bits per heavy atom. The van der Waals surface area contributed by atoms with E-state index in [2.05, 4.69) is 36.3 Å². The van der Waals surface area contributed by atoms with Crippen LogP contribution in [0.1, 0.15) is 27.2 Å². The van der Waals surface area contributed by atoms with Crippen LogP contribution in [-0.4, -0.2) is 33.1 Å². The Morgan fingerprint density at radius 1 is 1.56 bits per heavy atom. The highest BCUT2D eigenvalue weighted by Gasteiger charge is 2.09. The topological polar surface area (TPSA) is 62.7 Å². The van der Waals surface area contributed by atoms with Crippen molar-refractivity contribution >= 4 is 11.8 Å². The molecular formula is C10H20N4OS. The molecule has 1 aromatic rings. The largest absolute Gasteiger partial charge is 0.343 e. The summed E-state index contributed by atoms with van der Waals surface area (Å²) < 4.78 is 1.70. The van der Waals surface area contributed by atoms with Gasteiger partial charge in [-0.2, -0.15) is 0 Å². The first kappa shape index (κ1) is 13.3. The predicted molar refractivity (Wildman–Crippen MR) is 67.0 cm³/mol. The first-order chi connectivity index (χ1) is 7.69. The minimum atomic E-state index is -0.111. The molecule has 0 amide bonds. The Labute approximate surface area is 100 Å². The van der Waals surface area contributed by atoms with Crippen molar-refractivity contribution in [2.45, 2.75) is 44.9 Å². The number of H-pyrrole nitrogens is 1. The van der Waals surface area contributed by atoms with E-state index in [9.17, 15) is 4.79 Å². The van der Waals surface area contributed by atoms with Gasteiger partial charge in [-0.1, -0.05) is 25.6 Å². The lowest BCUT2D eigenvalue weighted by Gasteiger charge is -2.11. The smallest absolute Gasteiger partial charge is 0.314 e. The first-order valence-corrected chi connectivity index (χ1v) is 6.69. The Kier molecular flexibility index (Phi) is 5.62. The molecule has 0 aliphatic rings. The lowest BCUT2D eigenvalue weighted by molar-refractivity contribution is 0.597. The fourth-order valence-corrected chi connectivity index (χ4v) is 2.40. The number of aromatic amines is 1. The second-order valence-corrected chi connectivity index (χ2v) is 4.72. The van der Waals surface area contributed by atoms with Crippen LogP contribution in [0, 0.1) is 0 Å². The van der Waals surface area contributed by atoms with Crippen molar-refractivity contribution in [3.05, 3.63) is 10.5 Å². The highest BCUT2D eigenvalue weighted by Crippen LogP contribution is 2.14. The highest BCUT2D eigenvalue weighted by molar-refractivity contribution is 7.99. The van der Waals surface area contributed by atoms with Crippen LogP contribution in [0.3, 0.4) is 0 Å². The van der Waals surface area contributed by atoms with Crippen molar-refractivity contribution in [3.8, 4) is 0 Å². The van der Waals surface area contributed by atoms with Gasteiger partial charge < -0.3 is 5.32 Å². The van der Waals surface area contributed by atoms with Crippen molar-refractivity contribution in [1.29, 1.82) is 0 Å². The quantitative estimate of drug-likeness (QED) is 0.704. The number of nitrogens with zero attached hydrogens (tertiary/aromatic N) is 2. The molecule has 6 heteroatoms. The lowest BCUT2D eigenvalue weighted by Crippen LogP contribution is -2.28. The van der Waals surface area contributed by atoms with E-state index < -0.39 is 0 Å². The van der Waals surface area contributed by atoms with Crippen molar-refractivity contribution in [2.75, 3.05) is 12.3 Å². The van der Waals surface area contributed by atoms with Gasteiger partial charge in [-0.3, -0.25) is 4.57 Å². The summed E-state index contributed by atoms with van der Waals surface area (Å²) in [6.07, 6.45) is 0.940.